The van der Waals surface area contributed by atoms with Crippen molar-refractivity contribution in [3.05, 3.63) is 99.0 Å². The van der Waals surface area contributed by atoms with Gasteiger partial charge in [0.15, 0.2) is 0 Å². The summed E-state index contributed by atoms with van der Waals surface area (Å²) in [5.41, 5.74) is 6.01. The van der Waals surface area contributed by atoms with Crippen LogP contribution in [0.1, 0.15) is 34.7 Å². The third-order valence-corrected chi connectivity index (χ3v) is 5.77. The molecule has 0 aromatic heterocycles. The first-order chi connectivity index (χ1) is 13.0. The van der Waals surface area contributed by atoms with Crippen molar-refractivity contribution in [1.29, 1.82) is 0 Å². The molecule has 1 atom stereocenters. The minimum absolute atomic E-state index is 0.386. The van der Waals surface area contributed by atoms with E-state index in [2.05, 4.69) is 84.4 Å². The van der Waals surface area contributed by atoms with Gasteiger partial charge in [-0.15, -0.1) is 0 Å². The molecular formula is C24H23BrO2. The third kappa shape index (κ3) is 3.95. The summed E-state index contributed by atoms with van der Waals surface area (Å²) in [6.45, 7) is 5.41. The van der Waals surface area contributed by atoms with E-state index in [4.69, 9.17) is 9.47 Å². The summed E-state index contributed by atoms with van der Waals surface area (Å²) >= 11 is 3.56. The van der Waals surface area contributed by atoms with E-state index in [1.54, 1.807) is 0 Å². The maximum absolute atomic E-state index is 6.07. The topological polar surface area (TPSA) is 18.5 Å². The van der Waals surface area contributed by atoms with Gasteiger partial charge in [0, 0.05) is 4.47 Å². The highest BCUT2D eigenvalue weighted by Crippen LogP contribution is 2.36. The zero-order valence-electron chi connectivity index (χ0n) is 15.7. The molecule has 2 nitrogen and oxygen atoms in total. The van der Waals surface area contributed by atoms with Crippen LogP contribution in [0.25, 0.3) is 0 Å². The molecule has 1 unspecified atom stereocenters. The van der Waals surface area contributed by atoms with Crippen LogP contribution in [0.2, 0.25) is 0 Å². The van der Waals surface area contributed by atoms with E-state index in [-0.39, 0.29) is 5.60 Å². The molecule has 0 saturated carbocycles. The molecule has 4 rings (SSSR count). The van der Waals surface area contributed by atoms with Crippen LogP contribution >= 0.6 is 15.9 Å². The fraction of sp³-hybridized carbons (Fsp3) is 0.250. The molecule has 27 heavy (non-hydrogen) atoms. The first kappa shape index (κ1) is 18.3. The summed E-state index contributed by atoms with van der Waals surface area (Å²) in [5.74, 6) is 0.874. The molecular weight excluding hydrogens is 400 g/mol. The van der Waals surface area contributed by atoms with Crippen LogP contribution in [0.5, 0.6) is 5.75 Å². The smallest absolute Gasteiger partial charge is 0.125 e. The van der Waals surface area contributed by atoms with Gasteiger partial charge in [0.1, 0.15) is 18.0 Å². The molecule has 0 spiro atoms. The Morgan fingerprint density at radius 3 is 2.63 bits per heavy atom. The quantitative estimate of drug-likeness (QED) is 0.489. The number of ether oxygens (including phenoxy) is 2. The normalized spacial score (nSPS) is 18.3. The SMILES string of the molecule is Cc1ccc(Br)cc1Cc1ccc(OCC2(C)OCc3ccccc32)cc1. The summed E-state index contributed by atoms with van der Waals surface area (Å²) < 4.78 is 13.2. The molecule has 138 valence electrons. The van der Waals surface area contributed by atoms with Gasteiger partial charge in [0.25, 0.3) is 0 Å². The van der Waals surface area contributed by atoms with Crippen molar-refractivity contribution < 1.29 is 9.47 Å². The Morgan fingerprint density at radius 1 is 1.04 bits per heavy atom. The lowest BCUT2D eigenvalue weighted by atomic mass is 9.95. The summed E-state index contributed by atoms with van der Waals surface area (Å²) in [7, 11) is 0. The van der Waals surface area contributed by atoms with Crippen molar-refractivity contribution in [3.63, 3.8) is 0 Å². The standard InChI is InChI=1S/C24H23BrO2/c1-17-7-10-21(25)14-20(17)13-18-8-11-22(12-9-18)26-16-24(2)23-6-4-3-5-19(23)15-27-24/h3-12,14H,13,15-16H2,1-2H3. The van der Waals surface area contributed by atoms with Gasteiger partial charge < -0.3 is 9.47 Å². The predicted molar refractivity (Wildman–Crippen MR) is 112 cm³/mol. The lowest BCUT2D eigenvalue weighted by Gasteiger charge is -2.25. The van der Waals surface area contributed by atoms with Crippen molar-refractivity contribution in [3.8, 4) is 5.75 Å². The Hall–Kier alpha value is -2.10. The molecule has 3 heteroatoms. The highest BCUT2D eigenvalue weighted by Gasteiger charge is 2.36. The third-order valence-electron chi connectivity index (χ3n) is 5.28. The van der Waals surface area contributed by atoms with Gasteiger partial charge in [-0.25, -0.2) is 0 Å². The van der Waals surface area contributed by atoms with E-state index >= 15 is 0 Å². The van der Waals surface area contributed by atoms with Gasteiger partial charge in [0.05, 0.1) is 6.61 Å². The van der Waals surface area contributed by atoms with Gasteiger partial charge in [-0.05, 0) is 72.4 Å². The van der Waals surface area contributed by atoms with Crippen LogP contribution < -0.4 is 4.74 Å². The summed E-state index contributed by atoms with van der Waals surface area (Å²) in [5, 5.41) is 0. The van der Waals surface area contributed by atoms with Crippen LogP contribution in [0.3, 0.4) is 0 Å². The Labute approximate surface area is 169 Å². The Morgan fingerprint density at radius 2 is 1.81 bits per heavy atom. The summed E-state index contributed by atoms with van der Waals surface area (Å²) in [4.78, 5) is 0. The van der Waals surface area contributed by atoms with E-state index in [9.17, 15) is 0 Å². The average Bonchev–Trinajstić information content (AvgIpc) is 3.02. The molecule has 3 aromatic rings. The van der Waals surface area contributed by atoms with Crippen molar-refractivity contribution in [1.82, 2.24) is 0 Å². The first-order valence-electron chi connectivity index (χ1n) is 9.23. The second-order valence-corrected chi connectivity index (χ2v) is 8.27. The van der Waals surface area contributed by atoms with Crippen molar-refractivity contribution in [2.75, 3.05) is 6.61 Å². The highest BCUT2D eigenvalue weighted by molar-refractivity contribution is 9.10. The van der Waals surface area contributed by atoms with Crippen LogP contribution in [-0.2, 0) is 23.4 Å². The second kappa shape index (κ2) is 7.49. The largest absolute Gasteiger partial charge is 0.490 e. The van der Waals surface area contributed by atoms with E-state index in [1.165, 1.54) is 27.8 Å². The van der Waals surface area contributed by atoms with Gasteiger partial charge in [-0.3, -0.25) is 0 Å². The molecule has 1 heterocycles. The minimum atomic E-state index is -0.386. The fourth-order valence-electron chi connectivity index (χ4n) is 3.57. The monoisotopic (exact) mass is 422 g/mol. The van der Waals surface area contributed by atoms with E-state index in [0.29, 0.717) is 13.2 Å². The Kier molecular flexibility index (Phi) is 5.07. The molecule has 0 N–H and O–H groups in total. The number of hydrogen-bond acceptors (Lipinski definition) is 2. The maximum atomic E-state index is 6.07. The van der Waals surface area contributed by atoms with E-state index < -0.39 is 0 Å². The molecule has 1 aliphatic rings. The predicted octanol–water partition coefficient (Wildman–Crippen LogP) is 6.17. The van der Waals surface area contributed by atoms with Crippen molar-refractivity contribution >= 4 is 15.9 Å². The lowest BCUT2D eigenvalue weighted by molar-refractivity contribution is -0.0535. The lowest BCUT2D eigenvalue weighted by Crippen LogP contribution is -2.29. The molecule has 1 aliphatic heterocycles. The minimum Gasteiger partial charge on any atom is -0.490 e. The van der Waals surface area contributed by atoms with Crippen LogP contribution in [0, 0.1) is 6.92 Å². The molecule has 0 fully saturated rings. The van der Waals surface area contributed by atoms with Gasteiger partial charge in [-0.2, -0.15) is 0 Å². The molecule has 3 aromatic carbocycles. The number of benzene rings is 3. The first-order valence-corrected chi connectivity index (χ1v) is 10.0. The van der Waals surface area contributed by atoms with Gasteiger partial charge >= 0.3 is 0 Å². The Bertz CT molecular complexity index is 949. The molecule has 0 radical (unpaired) electrons. The van der Waals surface area contributed by atoms with Crippen LogP contribution in [-0.4, -0.2) is 6.61 Å². The second-order valence-electron chi connectivity index (χ2n) is 7.36. The zero-order chi connectivity index (χ0) is 18.9. The summed E-state index contributed by atoms with van der Waals surface area (Å²) in [6, 6.07) is 23.2. The van der Waals surface area contributed by atoms with Crippen LogP contribution in [0.4, 0.5) is 0 Å². The number of aryl methyl sites for hydroxylation is 1. The molecule has 0 aliphatic carbocycles. The van der Waals surface area contributed by atoms with E-state index in [0.717, 1.165) is 16.6 Å². The van der Waals surface area contributed by atoms with Gasteiger partial charge in [-0.1, -0.05) is 58.4 Å². The van der Waals surface area contributed by atoms with Crippen molar-refractivity contribution in [2.24, 2.45) is 0 Å². The number of hydrogen-bond donors (Lipinski definition) is 0. The molecule has 0 saturated heterocycles. The van der Waals surface area contributed by atoms with Crippen LogP contribution in [0.15, 0.2) is 71.2 Å². The maximum Gasteiger partial charge on any atom is 0.125 e. The number of halogens is 1. The summed E-state index contributed by atoms with van der Waals surface area (Å²) in [6.07, 6.45) is 0.916. The van der Waals surface area contributed by atoms with Gasteiger partial charge in [0.2, 0.25) is 0 Å². The number of rotatable bonds is 5. The molecule has 0 amide bonds. The zero-order valence-corrected chi connectivity index (χ0v) is 17.3. The molecule has 0 bridgehead atoms. The van der Waals surface area contributed by atoms with E-state index in [1.807, 2.05) is 12.1 Å². The Balaban J connectivity index is 1.42. The average molecular weight is 423 g/mol. The van der Waals surface area contributed by atoms with Crippen molar-refractivity contribution in [2.45, 2.75) is 32.5 Å². The number of fused-ring (bicyclic) bond motifs is 1. The highest BCUT2D eigenvalue weighted by atomic mass is 79.9. The fourth-order valence-corrected chi connectivity index (χ4v) is 3.98.